The molecule has 2 rings (SSSR count). The minimum Gasteiger partial charge on any atom is -0.508 e. The molecule has 1 heterocycles. The smallest absolute Gasteiger partial charge is 0.252 e. The number of halogens is 1. The van der Waals surface area contributed by atoms with Crippen molar-refractivity contribution in [3.8, 4) is 11.4 Å². The van der Waals surface area contributed by atoms with Crippen molar-refractivity contribution in [3.05, 3.63) is 58.3 Å². The monoisotopic (exact) mass is 359 g/mol. The first-order chi connectivity index (χ1) is 11.8. The van der Waals surface area contributed by atoms with Gasteiger partial charge in [0.2, 0.25) is 0 Å². The maximum absolute atomic E-state index is 12.0. The Morgan fingerprint density at radius 2 is 2.12 bits per heavy atom. The van der Waals surface area contributed by atoms with Crippen LogP contribution in [0.3, 0.4) is 0 Å². The minimum atomic E-state index is -0.586. The highest BCUT2D eigenvalue weighted by atomic mass is 35.5. The lowest BCUT2D eigenvalue weighted by Gasteiger charge is -2.13. The van der Waals surface area contributed by atoms with Crippen molar-refractivity contribution in [2.75, 3.05) is 5.73 Å². The molecule has 5 N–H and O–H groups in total. The highest BCUT2D eigenvalue weighted by Crippen LogP contribution is 2.33. The van der Waals surface area contributed by atoms with Gasteiger partial charge in [0.15, 0.2) is 0 Å². The van der Waals surface area contributed by atoms with Crippen molar-refractivity contribution in [2.45, 2.75) is 26.7 Å². The van der Waals surface area contributed by atoms with Crippen LogP contribution < -0.4 is 11.5 Å². The molecule has 2 aromatic rings. The van der Waals surface area contributed by atoms with E-state index >= 15 is 0 Å². The number of benzene rings is 1. The van der Waals surface area contributed by atoms with Crippen LogP contribution in [0.1, 0.15) is 40.5 Å². The highest BCUT2D eigenvalue weighted by molar-refractivity contribution is 6.31. The number of aryl methyl sites for hydroxylation is 1. The van der Waals surface area contributed by atoms with Gasteiger partial charge in [0.25, 0.3) is 5.91 Å². The maximum Gasteiger partial charge on any atom is 0.252 e. The van der Waals surface area contributed by atoms with Crippen LogP contribution in [0.25, 0.3) is 11.8 Å². The van der Waals surface area contributed by atoms with Crippen LogP contribution in [-0.2, 0) is 6.42 Å². The molecule has 0 aliphatic carbocycles. The zero-order valence-corrected chi connectivity index (χ0v) is 15.1. The van der Waals surface area contributed by atoms with Gasteiger partial charge in [-0.2, -0.15) is 0 Å². The topological polar surface area (TPSA) is 94.3 Å². The molecule has 0 aliphatic rings. The van der Waals surface area contributed by atoms with Crippen LogP contribution in [0.4, 0.5) is 5.82 Å². The summed E-state index contributed by atoms with van der Waals surface area (Å²) in [5.74, 6) is -0.246. The number of allylic oxidation sites excluding steroid dienone is 2. The summed E-state index contributed by atoms with van der Waals surface area (Å²) in [7, 11) is 0. The van der Waals surface area contributed by atoms with E-state index in [1.54, 1.807) is 34.9 Å². The molecule has 0 fully saturated rings. The Balaban J connectivity index is 2.89. The van der Waals surface area contributed by atoms with Crippen LogP contribution in [-0.4, -0.2) is 15.6 Å². The number of nitrogens with zero attached hydrogens (tertiary/aromatic N) is 1. The average Bonchev–Trinajstić information content (AvgIpc) is 2.80. The number of aromatic hydroxyl groups is 1. The summed E-state index contributed by atoms with van der Waals surface area (Å²) in [6.07, 6.45) is 4.83. The van der Waals surface area contributed by atoms with E-state index in [1.165, 1.54) is 0 Å². The fraction of sp³-hybridized carbons (Fsp3) is 0.211. The van der Waals surface area contributed by atoms with Crippen LogP contribution in [0, 0.1) is 6.92 Å². The second-order valence-electron chi connectivity index (χ2n) is 5.82. The predicted molar refractivity (Wildman–Crippen MR) is 103 cm³/mol. The molecule has 0 atom stereocenters. The largest absolute Gasteiger partial charge is 0.508 e. The summed E-state index contributed by atoms with van der Waals surface area (Å²) in [4.78, 5) is 12.0. The van der Waals surface area contributed by atoms with Crippen molar-refractivity contribution in [1.82, 2.24) is 4.57 Å². The van der Waals surface area contributed by atoms with Gasteiger partial charge in [-0.05, 0) is 42.7 Å². The second kappa shape index (κ2) is 7.49. The molecule has 0 saturated heterocycles. The van der Waals surface area contributed by atoms with Gasteiger partial charge in [-0.15, -0.1) is 0 Å². The van der Waals surface area contributed by atoms with E-state index in [0.29, 0.717) is 28.4 Å². The van der Waals surface area contributed by atoms with E-state index in [9.17, 15) is 9.90 Å². The second-order valence-corrected chi connectivity index (χ2v) is 6.31. The summed E-state index contributed by atoms with van der Waals surface area (Å²) in [6, 6.07) is 4.97. The van der Waals surface area contributed by atoms with Gasteiger partial charge in [0.1, 0.15) is 11.6 Å². The third-order valence-electron chi connectivity index (χ3n) is 3.95. The molecule has 25 heavy (non-hydrogen) atoms. The zero-order chi connectivity index (χ0) is 18.7. The number of phenolic OH excluding ortho intramolecular Hbond substituents is 1. The number of primary amides is 1. The number of carbonyl (C=O) groups excluding carboxylic acids is 1. The number of phenols is 1. The Bertz CT molecular complexity index is 866. The molecule has 1 aromatic carbocycles. The summed E-state index contributed by atoms with van der Waals surface area (Å²) >= 11 is 5.87. The number of hydrogen-bond donors (Lipinski definition) is 3. The van der Waals surface area contributed by atoms with E-state index in [2.05, 4.69) is 6.58 Å². The lowest BCUT2D eigenvalue weighted by Crippen LogP contribution is -2.15. The van der Waals surface area contributed by atoms with Gasteiger partial charge in [-0.1, -0.05) is 37.6 Å². The summed E-state index contributed by atoms with van der Waals surface area (Å²) in [5, 5.41) is 10.2. The highest BCUT2D eigenvalue weighted by Gasteiger charge is 2.24. The molecule has 0 unspecified atom stereocenters. The van der Waals surface area contributed by atoms with Gasteiger partial charge < -0.3 is 16.6 Å². The first kappa shape index (κ1) is 18.7. The SMILES string of the molecule is C=C(Cl)/C=C\c1c(CCC)c(C(N)=O)c(N)n1-c1cc(O)ccc1C. The van der Waals surface area contributed by atoms with Crippen molar-refractivity contribution in [1.29, 1.82) is 0 Å². The molecular weight excluding hydrogens is 338 g/mol. The van der Waals surface area contributed by atoms with E-state index in [1.807, 2.05) is 13.8 Å². The number of hydrogen-bond acceptors (Lipinski definition) is 3. The number of carbonyl (C=O) groups is 1. The first-order valence-electron chi connectivity index (χ1n) is 7.93. The molecule has 1 amide bonds. The third kappa shape index (κ3) is 3.72. The number of anilines is 1. The van der Waals surface area contributed by atoms with Gasteiger partial charge in [-0.3, -0.25) is 9.36 Å². The fourth-order valence-electron chi connectivity index (χ4n) is 2.88. The quantitative estimate of drug-likeness (QED) is 0.683. The number of nitrogens with two attached hydrogens (primary N) is 2. The maximum atomic E-state index is 12.0. The minimum absolute atomic E-state index is 0.100. The van der Waals surface area contributed by atoms with E-state index in [0.717, 1.165) is 17.5 Å². The Morgan fingerprint density at radius 1 is 1.44 bits per heavy atom. The molecule has 132 valence electrons. The van der Waals surface area contributed by atoms with Crippen LogP contribution in [0.2, 0.25) is 0 Å². The van der Waals surface area contributed by atoms with Gasteiger partial charge >= 0.3 is 0 Å². The van der Waals surface area contributed by atoms with Gasteiger partial charge in [-0.25, -0.2) is 0 Å². The van der Waals surface area contributed by atoms with Crippen molar-refractivity contribution in [2.24, 2.45) is 5.73 Å². The first-order valence-corrected chi connectivity index (χ1v) is 8.31. The summed E-state index contributed by atoms with van der Waals surface area (Å²) < 4.78 is 1.72. The molecule has 6 heteroatoms. The molecular formula is C19H22ClN3O2. The summed E-state index contributed by atoms with van der Waals surface area (Å²) in [5.41, 5.74) is 15.2. The molecule has 0 spiro atoms. The Morgan fingerprint density at radius 3 is 2.68 bits per heavy atom. The van der Waals surface area contributed by atoms with E-state index < -0.39 is 5.91 Å². The Kier molecular flexibility index (Phi) is 5.59. The van der Waals surface area contributed by atoms with Crippen LogP contribution >= 0.6 is 11.6 Å². The van der Waals surface area contributed by atoms with Crippen molar-refractivity contribution < 1.29 is 9.90 Å². The van der Waals surface area contributed by atoms with Crippen molar-refractivity contribution in [3.63, 3.8) is 0 Å². The zero-order valence-electron chi connectivity index (χ0n) is 14.3. The molecule has 1 aromatic heterocycles. The molecule has 0 radical (unpaired) electrons. The third-order valence-corrected chi connectivity index (χ3v) is 4.08. The Hall–Kier alpha value is -2.66. The molecule has 5 nitrogen and oxygen atoms in total. The standard InChI is InChI=1S/C19H22ClN3O2/c1-4-5-14-15(9-7-12(3)20)23(18(21)17(14)19(22)25)16-10-13(24)8-6-11(16)2/h6-10,24H,3-5,21H2,1-2H3,(H2,22,25)/b9-7-. The van der Waals surface area contributed by atoms with E-state index in [-0.39, 0.29) is 11.6 Å². The van der Waals surface area contributed by atoms with Gasteiger partial charge in [0, 0.05) is 11.1 Å². The Labute approximate surface area is 152 Å². The normalized spacial score (nSPS) is 11.2. The predicted octanol–water partition coefficient (Wildman–Crippen LogP) is 3.89. The number of rotatable bonds is 6. The number of aromatic nitrogens is 1. The molecule has 0 bridgehead atoms. The lowest BCUT2D eigenvalue weighted by molar-refractivity contribution is 0.100. The number of nitrogen functional groups attached to an aromatic ring is 1. The molecule has 0 aliphatic heterocycles. The van der Waals surface area contributed by atoms with Crippen LogP contribution in [0.5, 0.6) is 5.75 Å². The van der Waals surface area contributed by atoms with Crippen molar-refractivity contribution >= 4 is 29.4 Å². The number of amides is 1. The average molecular weight is 360 g/mol. The molecule has 0 saturated carbocycles. The lowest BCUT2D eigenvalue weighted by atomic mass is 10.0. The van der Waals surface area contributed by atoms with Gasteiger partial charge in [0.05, 0.1) is 16.9 Å². The fourth-order valence-corrected chi connectivity index (χ4v) is 2.94. The van der Waals surface area contributed by atoms with Crippen LogP contribution in [0.15, 0.2) is 35.9 Å². The summed E-state index contributed by atoms with van der Waals surface area (Å²) in [6.45, 7) is 7.55. The van der Waals surface area contributed by atoms with E-state index in [4.69, 9.17) is 23.1 Å².